The molecule has 16 heavy (non-hydrogen) atoms. The van der Waals surface area contributed by atoms with E-state index in [1.165, 1.54) is 38.5 Å². The van der Waals surface area contributed by atoms with Crippen LogP contribution in [0.1, 0.15) is 59.3 Å². The SMILES string of the molecule is CCC1(CC)C2CC(C3CCCC32)C1(C)O. The lowest BCUT2D eigenvalue weighted by Crippen LogP contribution is -2.54. The lowest BCUT2D eigenvalue weighted by molar-refractivity contribution is -0.143. The Hall–Kier alpha value is -0.0400. The van der Waals surface area contributed by atoms with Crippen LogP contribution in [0.5, 0.6) is 0 Å². The smallest absolute Gasteiger partial charge is 0.0709 e. The average Bonchev–Trinajstić information content (AvgIpc) is 2.85. The Kier molecular flexibility index (Phi) is 2.25. The largest absolute Gasteiger partial charge is 0.389 e. The van der Waals surface area contributed by atoms with Crippen molar-refractivity contribution >= 4 is 0 Å². The van der Waals surface area contributed by atoms with Crippen molar-refractivity contribution in [3.8, 4) is 0 Å². The van der Waals surface area contributed by atoms with Crippen molar-refractivity contribution in [1.82, 2.24) is 0 Å². The predicted octanol–water partition coefficient (Wildman–Crippen LogP) is 3.61. The van der Waals surface area contributed by atoms with Crippen molar-refractivity contribution in [3.05, 3.63) is 0 Å². The molecule has 2 bridgehead atoms. The topological polar surface area (TPSA) is 20.2 Å². The fourth-order valence-corrected chi connectivity index (χ4v) is 6.16. The number of hydrogen-bond acceptors (Lipinski definition) is 1. The second kappa shape index (κ2) is 3.25. The Morgan fingerprint density at radius 3 is 2.19 bits per heavy atom. The molecule has 3 rings (SSSR count). The van der Waals surface area contributed by atoms with Gasteiger partial charge in [0.25, 0.3) is 0 Å². The molecule has 5 atom stereocenters. The highest BCUT2D eigenvalue weighted by Gasteiger charge is 2.69. The molecule has 0 aliphatic heterocycles. The van der Waals surface area contributed by atoms with Crippen LogP contribution in [0, 0.1) is 29.1 Å². The minimum atomic E-state index is -0.382. The van der Waals surface area contributed by atoms with Crippen LogP contribution in [0.2, 0.25) is 0 Å². The standard InChI is InChI=1S/C15H26O/c1-4-15(5-2)13-9-12(14(15,3)16)10-7-6-8-11(10)13/h10-13,16H,4-9H2,1-3H3. The van der Waals surface area contributed by atoms with Crippen LogP contribution >= 0.6 is 0 Å². The average molecular weight is 222 g/mol. The van der Waals surface area contributed by atoms with E-state index in [9.17, 15) is 5.11 Å². The molecule has 0 spiro atoms. The lowest BCUT2D eigenvalue weighted by atomic mass is 9.56. The molecule has 3 aliphatic rings. The van der Waals surface area contributed by atoms with Crippen LogP contribution < -0.4 is 0 Å². The van der Waals surface area contributed by atoms with E-state index in [0.29, 0.717) is 5.92 Å². The van der Waals surface area contributed by atoms with Crippen molar-refractivity contribution in [2.24, 2.45) is 29.1 Å². The summed E-state index contributed by atoms with van der Waals surface area (Å²) >= 11 is 0. The number of fused-ring (bicyclic) bond motifs is 5. The molecule has 1 heteroatoms. The third-order valence-electron chi connectivity index (χ3n) is 6.87. The fourth-order valence-electron chi connectivity index (χ4n) is 6.16. The van der Waals surface area contributed by atoms with E-state index in [0.717, 1.165) is 17.8 Å². The van der Waals surface area contributed by atoms with Gasteiger partial charge in [-0.15, -0.1) is 0 Å². The molecular weight excluding hydrogens is 196 g/mol. The van der Waals surface area contributed by atoms with Crippen LogP contribution in [0.25, 0.3) is 0 Å². The normalized spacial score (nSPS) is 53.2. The molecule has 0 radical (unpaired) electrons. The molecule has 0 aromatic rings. The molecule has 0 heterocycles. The van der Waals surface area contributed by atoms with Gasteiger partial charge in [0, 0.05) is 5.41 Å². The summed E-state index contributed by atoms with van der Waals surface area (Å²) in [5.41, 5.74) is -0.143. The van der Waals surface area contributed by atoms with Gasteiger partial charge in [0.1, 0.15) is 0 Å². The van der Waals surface area contributed by atoms with Gasteiger partial charge < -0.3 is 5.11 Å². The van der Waals surface area contributed by atoms with Gasteiger partial charge in [-0.25, -0.2) is 0 Å². The fraction of sp³-hybridized carbons (Fsp3) is 1.00. The van der Waals surface area contributed by atoms with Gasteiger partial charge in [-0.3, -0.25) is 0 Å². The van der Waals surface area contributed by atoms with E-state index in [2.05, 4.69) is 20.8 Å². The maximum atomic E-state index is 11.0. The van der Waals surface area contributed by atoms with E-state index in [1.807, 2.05) is 0 Å². The first kappa shape index (κ1) is 11.1. The zero-order chi connectivity index (χ0) is 11.6. The summed E-state index contributed by atoms with van der Waals surface area (Å²) in [6, 6.07) is 0. The highest BCUT2D eigenvalue weighted by molar-refractivity contribution is 5.18. The molecule has 0 amide bonds. The number of aliphatic hydroxyl groups is 1. The Bertz CT molecular complexity index is 290. The van der Waals surface area contributed by atoms with Crippen molar-refractivity contribution < 1.29 is 5.11 Å². The third kappa shape index (κ3) is 0.978. The van der Waals surface area contributed by atoms with Crippen molar-refractivity contribution in [2.75, 3.05) is 0 Å². The highest BCUT2D eigenvalue weighted by Crippen LogP contribution is 2.71. The molecule has 92 valence electrons. The van der Waals surface area contributed by atoms with Gasteiger partial charge in [0.05, 0.1) is 5.60 Å². The van der Waals surface area contributed by atoms with E-state index < -0.39 is 0 Å². The predicted molar refractivity (Wildman–Crippen MR) is 66.1 cm³/mol. The van der Waals surface area contributed by atoms with Gasteiger partial charge in [-0.05, 0) is 62.7 Å². The van der Waals surface area contributed by atoms with E-state index in [4.69, 9.17) is 0 Å². The summed E-state index contributed by atoms with van der Waals surface area (Å²) in [6.07, 6.45) is 7.92. The molecule has 3 saturated carbocycles. The number of rotatable bonds is 2. The maximum Gasteiger partial charge on any atom is 0.0709 e. The minimum absolute atomic E-state index is 0.239. The first-order valence-electron chi connectivity index (χ1n) is 7.31. The van der Waals surface area contributed by atoms with E-state index in [-0.39, 0.29) is 11.0 Å². The Balaban J connectivity index is 2.03. The summed E-state index contributed by atoms with van der Waals surface area (Å²) in [6.45, 7) is 6.74. The van der Waals surface area contributed by atoms with Crippen molar-refractivity contribution in [2.45, 2.75) is 64.9 Å². The maximum absolute atomic E-state index is 11.0. The summed E-state index contributed by atoms with van der Waals surface area (Å²) < 4.78 is 0. The molecule has 1 N–H and O–H groups in total. The zero-order valence-electron chi connectivity index (χ0n) is 11.0. The summed E-state index contributed by atoms with van der Waals surface area (Å²) in [5, 5.41) is 11.0. The first-order valence-corrected chi connectivity index (χ1v) is 7.31. The Labute approximate surface area is 99.6 Å². The summed E-state index contributed by atoms with van der Waals surface area (Å²) in [7, 11) is 0. The third-order valence-corrected chi connectivity index (χ3v) is 6.87. The zero-order valence-corrected chi connectivity index (χ0v) is 11.0. The summed E-state index contributed by atoms with van der Waals surface area (Å²) in [4.78, 5) is 0. The van der Waals surface area contributed by atoms with Crippen molar-refractivity contribution in [1.29, 1.82) is 0 Å². The minimum Gasteiger partial charge on any atom is -0.389 e. The molecular formula is C15H26O. The second-order valence-electron chi connectivity index (χ2n) is 6.72. The van der Waals surface area contributed by atoms with Crippen molar-refractivity contribution in [3.63, 3.8) is 0 Å². The highest BCUT2D eigenvalue weighted by atomic mass is 16.3. The summed E-state index contributed by atoms with van der Waals surface area (Å²) in [5.74, 6) is 3.27. The first-order chi connectivity index (χ1) is 7.58. The molecule has 0 aromatic carbocycles. The molecule has 0 aromatic heterocycles. The Morgan fingerprint density at radius 1 is 1.06 bits per heavy atom. The lowest BCUT2D eigenvalue weighted by Gasteiger charge is -2.52. The van der Waals surface area contributed by atoms with Gasteiger partial charge >= 0.3 is 0 Å². The van der Waals surface area contributed by atoms with Gasteiger partial charge in [-0.1, -0.05) is 20.3 Å². The van der Waals surface area contributed by atoms with Crippen LogP contribution in [0.4, 0.5) is 0 Å². The number of hydrogen-bond donors (Lipinski definition) is 1. The quantitative estimate of drug-likeness (QED) is 0.756. The molecule has 3 fully saturated rings. The van der Waals surface area contributed by atoms with E-state index in [1.54, 1.807) is 0 Å². The Morgan fingerprint density at radius 2 is 1.62 bits per heavy atom. The monoisotopic (exact) mass is 222 g/mol. The van der Waals surface area contributed by atoms with Crippen LogP contribution in [0.3, 0.4) is 0 Å². The molecule has 0 saturated heterocycles. The van der Waals surface area contributed by atoms with Gasteiger partial charge in [0.15, 0.2) is 0 Å². The van der Waals surface area contributed by atoms with Gasteiger partial charge in [0.2, 0.25) is 0 Å². The molecule has 5 unspecified atom stereocenters. The second-order valence-corrected chi connectivity index (χ2v) is 6.72. The molecule has 3 aliphatic carbocycles. The van der Waals surface area contributed by atoms with Crippen LogP contribution in [0.15, 0.2) is 0 Å². The van der Waals surface area contributed by atoms with Gasteiger partial charge in [-0.2, -0.15) is 0 Å². The van der Waals surface area contributed by atoms with Crippen LogP contribution in [-0.2, 0) is 0 Å². The van der Waals surface area contributed by atoms with Crippen LogP contribution in [-0.4, -0.2) is 10.7 Å². The molecule has 1 nitrogen and oxygen atoms in total. The van der Waals surface area contributed by atoms with E-state index >= 15 is 0 Å².